The third kappa shape index (κ3) is 4.30. The number of rotatable bonds is 6. The highest BCUT2D eigenvalue weighted by Gasteiger charge is 2.24. The van der Waals surface area contributed by atoms with E-state index < -0.39 is 0 Å². The zero-order valence-electron chi connectivity index (χ0n) is 14.0. The van der Waals surface area contributed by atoms with Gasteiger partial charge in [-0.1, -0.05) is 18.5 Å². The topological polar surface area (TPSA) is 50.8 Å². The van der Waals surface area contributed by atoms with E-state index in [-0.39, 0.29) is 5.91 Å². The lowest BCUT2D eigenvalue weighted by atomic mass is 10.0. The molecule has 0 radical (unpaired) electrons. The van der Waals surface area contributed by atoms with Crippen molar-refractivity contribution in [1.29, 1.82) is 0 Å². The van der Waals surface area contributed by atoms with E-state index in [0.29, 0.717) is 34.7 Å². The molecule has 1 aliphatic heterocycles. The number of amides is 1. The second-order valence-corrected chi connectivity index (χ2v) is 6.10. The molecule has 0 atom stereocenters. The summed E-state index contributed by atoms with van der Waals surface area (Å²) in [7, 11) is 3.51. The van der Waals surface area contributed by atoms with Crippen LogP contribution in [0.15, 0.2) is 12.1 Å². The molecule has 0 bridgehead atoms. The molecule has 128 valence electrons. The molecule has 0 aromatic heterocycles. The first-order chi connectivity index (χ1) is 11.1. The molecule has 0 aliphatic carbocycles. The maximum atomic E-state index is 12.7. The number of nitrogens with one attached hydrogen (secondary N) is 1. The Balaban J connectivity index is 2.16. The molecule has 1 amide bonds. The molecule has 5 nitrogen and oxygen atoms in total. The lowest BCUT2D eigenvalue weighted by molar-refractivity contribution is 0.0707. The minimum absolute atomic E-state index is 0.0122. The molecule has 1 N–H and O–H groups in total. The lowest BCUT2D eigenvalue weighted by Crippen LogP contribution is -2.43. The van der Waals surface area contributed by atoms with Gasteiger partial charge in [-0.05, 0) is 38.4 Å². The fraction of sp³-hybridized carbons (Fsp3) is 0.588. The van der Waals surface area contributed by atoms with Gasteiger partial charge in [0.1, 0.15) is 0 Å². The van der Waals surface area contributed by atoms with Crippen molar-refractivity contribution in [1.82, 2.24) is 10.2 Å². The van der Waals surface area contributed by atoms with E-state index in [1.165, 1.54) is 0 Å². The van der Waals surface area contributed by atoms with Gasteiger partial charge in [0, 0.05) is 24.7 Å². The van der Waals surface area contributed by atoms with Crippen molar-refractivity contribution in [2.24, 2.45) is 0 Å². The molecule has 0 saturated carbocycles. The van der Waals surface area contributed by atoms with Gasteiger partial charge in [-0.25, -0.2) is 0 Å². The van der Waals surface area contributed by atoms with Crippen LogP contribution in [0.2, 0.25) is 5.02 Å². The van der Waals surface area contributed by atoms with Gasteiger partial charge in [0.15, 0.2) is 11.5 Å². The zero-order valence-corrected chi connectivity index (χ0v) is 14.8. The van der Waals surface area contributed by atoms with Gasteiger partial charge in [-0.2, -0.15) is 0 Å². The zero-order chi connectivity index (χ0) is 16.8. The van der Waals surface area contributed by atoms with Crippen LogP contribution in [-0.2, 0) is 0 Å². The van der Waals surface area contributed by atoms with Crippen molar-refractivity contribution in [3.05, 3.63) is 22.7 Å². The molecule has 1 aromatic rings. The van der Waals surface area contributed by atoms with Gasteiger partial charge in [-0.3, -0.25) is 4.79 Å². The van der Waals surface area contributed by atoms with E-state index in [2.05, 4.69) is 5.32 Å². The van der Waals surface area contributed by atoms with Gasteiger partial charge in [0.2, 0.25) is 0 Å². The van der Waals surface area contributed by atoms with Crippen LogP contribution < -0.4 is 14.8 Å². The highest BCUT2D eigenvalue weighted by molar-refractivity contribution is 6.32. The first-order valence-corrected chi connectivity index (χ1v) is 8.45. The number of carbonyl (C=O) groups is 1. The van der Waals surface area contributed by atoms with Gasteiger partial charge in [0.05, 0.1) is 18.7 Å². The summed E-state index contributed by atoms with van der Waals surface area (Å²) in [6, 6.07) is 3.87. The van der Waals surface area contributed by atoms with E-state index in [0.717, 1.165) is 32.4 Å². The first-order valence-electron chi connectivity index (χ1n) is 8.07. The quantitative estimate of drug-likeness (QED) is 0.865. The number of piperidine rings is 1. The van der Waals surface area contributed by atoms with Crippen molar-refractivity contribution in [2.45, 2.75) is 32.2 Å². The predicted octanol–water partition coefficient (Wildman–Crippen LogP) is 2.96. The Hall–Kier alpha value is -1.46. The normalized spacial score (nSPS) is 15.6. The average molecular weight is 341 g/mol. The van der Waals surface area contributed by atoms with Gasteiger partial charge >= 0.3 is 0 Å². The molecule has 1 aliphatic rings. The summed E-state index contributed by atoms with van der Waals surface area (Å²) in [5, 5.41) is 3.67. The second-order valence-electron chi connectivity index (χ2n) is 5.69. The Morgan fingerprint density at radius 1 is 1.39 bits per heavy atom. The summed E-state index contributed by atoms with van der Waals surface area (Å²) < 4.78 is 11.0. The predicted molar refractivity (Wildman–Crippen MR) is 91.8 cm³/mol. The van der Waals surface area contributed by atoms with E-state index >= 15 is 0 Å². The number of hydrogen-bond donors (Lipinski definition) is 1. The monoisotopic (exact) mass is 340 g/mol. The van der Waals surface area contributed by atoms with Crippen LogP contribution in [0, 0.1) is 0 Å². The Kier molecular flexibility index (Phi) is 6.54. The second kappa shape index (κ2) is 8.41. The number of ether oxygens (including phenoxy) is 2. The highest BCUT2D eigenvalue weighted by atomic mass is 35.5. The number of benzene rings is 1. The molecule has 1 saturated heterocycles. The number of methoxy groups -OCH3 is 1. The Morgan fingerprint density at radius 2 is 2.09 bits per heavy atom. The first kappa shape index (κ1) is 17.9. The number of hydrogen-bond acceptors (Lipinski definition) is 4. The summed E-state index contributed by atoms with van der Waals surface area (Å²) in [4.78, 5) is 14.6. The summed E-state index contributed by atoms with van der Waals surface area (Å²) >= 11 is 6.29. The van der Waals surface area contributed by atoms with Crippen LogP contribution in [0.3, 0.4) is 0 Å². The van der Waals surface area contributed by atoms with Crippen LogP contribution >= 0.6 is 11.6 Å². The van der Waals surface area contributed by atoms with Gasteiger partial charge in [0.25, 0.3) is 5.91 Å². The Labute approximate surface area is 142 Å². The third-order valence-corrected chi connectivity index (χ3v) is 4.40. The maximum Gasteiger partial charge on any atom is 0.254 e. The number of likely N-dealkylation sites (tertiary alicyclic amines) is 1. The van der Waals surface area contributed by atoms with Crippen LogP contribution in [0.5, 0.6) is 11.5 Å². The van der Waals surface area contributed by atoms with Crippen LogP contribution in [-0.4, -0.2) is 50.7 Å². The van der Waals surface area contributed by atoms with E-state index in [1.54, 1.807) is 19.2 Å². The van der Waals surface area contributed by atoms with Crippen molar-refractivity contribution in [3.63, 3.8) is 0 Å². The fourth-order valence-corrected chi connectivity index (χ4v) is 3.01. The van der Waals surface area contributed by atoms with Crippen LogP contribution in [0.1, 0.15) is 36.5 Å². The summed E-state index contributed by atoms with van der Waals surface area (Å²) in [5.74, 6) is 0.989. The minimum atomic E-state index is -0.0122. The molecule has 1 heterocycles. The van der Waals surface area contributed by atoms with Crippen molar-refractivity contribution in [3.8, 4) is 11.5 Å². The SMILES string of the molecule is CCCOc1c(Cl)cc(C(=O)N2CCC(NC)CC2)cc1OC. The van der Waals surface area contributed by atoms with Crippen LogP contribution in [0.4, 0.5) is 0 Å². The summed E-state index contributed by atoms with van der Waals surface area (Å²) in [5.41, 5.74) is 0.540. The van der Waals surface area contributed by atoms with Gasteiger partial charge in [-0.15, -0.1) is 0 Å². The smallest absolute Gasteiger partial charge is 0.254 e. The van der Waals surface area contributed by atoms with Crippen LogP contribution in [0.25, 0.3) is 0 Å². The third-order valence-electron chi connectivity index (χ3n) is 4.12. The van der Waals surface area contributed by atoms with E-state index in [9.17, 15) is 4.79 Å². The van der Waals surface area contributed by atoms with Gasteiger partial charge < -0.3 is 19.7 Å². The molecule has 1 fully saturated rings. The minimum Gasteiger partial charge on any atom is -0.493 e. The highest BCUT2D eigenvalue weighted by Crippen LogP contribution is 2.37. The summed E-state index contributed by atoms with van der Waals surface area (Å²) in [6.45, 7) is 4.07. The largest absolute Gasteiger partial charge is 0.493 e. The van der Waals surface area contributed by atoms with Crippen molar-refractivity contribution >= 4 is 17.5 Å². The van der Waals surface area contributed by atoms with E-state index in [4.69, 9.17) is 21.1 Å². The maximum absolute atomic E-state index is 12.7. The molecule has 1 aromatic carbocycles. The molecule has 2 rings (SSSR count). The molecule has 23 heavy (non-hydrogen) atoms. The molecular weight excluding hydrogens is 316 g/mol. The van der Waals surface area contributed by atoms with Crippen molar-refractivity contribution in [2.75, 3.05) is 33.9 Å². The molecule has 0 unspecified atom stereocenters. The van der Waals surface area contributed by atoms with E-state index in [1.807, 2.05) is 18.9 Å². The Morgan fingerprint density at radius 3 is 2.65 bits per heavy atom. The Bertz CT molecular complexity index is 543. The number of carbonyl (C=O) groups excluding carboxylic acids is 1. The lowest BCUT2D eigenvalue weighted by Gasteiger charge is -2.32. The standard InChI is InChI=1S/C17H25ClN2O3/c1-4-9-23-16-14(18)10-12(11-15(16)22-3)17(21)20-7-5-13(19-2)6-8-20/h10-11,13,19H,4-9H2,1-3H3. The molecular formula is C17H25ClN2O3. The molecule has 0 spiro atoms. The number of nitrogens with zero attached hydrogens (tertiary/aromatic N) is 1. The molecule has 6 heteroatoms. The fourth-order valence-electron chi connectivity index (χ4n) is 2.74. The average Bonchev–Trinajstić information content (AvgIpc) is 2.59. The van der Waals surface area contributed by atoms with Crippen molar-refractivity contribution < 1.29 is 14.3 Å². The summed E-state index contributed by atoms with van der Waals surface area (Å²) in [6.07, 6.45) is 2.80. The number of halogens is 1.